The van der Waals surface area contributed by atoms with Gasteiger partial charge in [-0.25, -0.2) is 18.2 Å². The largest absolute Gasteiger partial charge is 0.465 e. The van der Waals surface area contributed by atoms with Crippen LogP contribution in [0.2, 0.25) is 5.02 Å². The fourth-order valence-corrected chi connectivity index (χ4v) is 4.43. The van der Waals surface area contributed by atoms with E-state index in [4.69, 9.17) is 16.3 Å². The Morgan fingerprint density at radius 1 is 1.23 bits per heavy atom. The van der Waals surface area contributed by atoms with E-state index >= 15 is 0 Å². The Kier molecular flexibility index (Phi) is 7.19. The van der Waals surface area contributed by atoms with Crippen LogP contribution >= 0.6 is 11.6 Å². The Morgan fingerprint density at radius 2 is 1.91 bits per heavy atom. The number of hydrazone groups is 1. The summed E-state index contributed by atoms with van der Waals surface area (Å²) in [5.74, 6) is -0.732. The maximum absolute atomic E-state index is 13.1. The molecule has 13 heteroatoms. The molecular formula is C22H21ClF3N3O5S. The number of benzene rings is 2. The first-order chi connectivity index (χ1) is 16.2. The van der Waals surface area contributed by atoms with Crippen LogP contribution in [0.1, 0.15) is 25.0 Å². The van der Waals surface area contributed by atoms with Crippen molar-refractivity contribution in [2.45, 2.75) is 24.9 Å². The molecule has 8 nitrogen and oxygen atoms in total. The van der Waals surface area contributed by atoms with Crippen LogP contribution < -0.4 is 5.32 Å². The van der Waals surface area contributed by atoms with Crippen molar-refractivity contribution in [1.29, 1.82) is 0 Å². The summed E-state index contributed by atoms with van der Waals surface area (Å²) >= 11 is 5.85. The minimum Gasteiger partial charge on any atom is -0.465 e. The molecule has 1 atom stereocenters. The van der Waals surface area contributed by atoms with Crippen LogP contribution in [0.15, 0.2) is 52.5 Å². The molecule has 0 spiro atoms. The fraction of sp³-hybridized carbons (Fsp3) is 0.318. The first-order valence-electron chi connectivity index (χ1n) is 10.2. The number of hydrogen-bond acceptors (Lipinski definition) is 6. The lowest BCUT2D eigenvalue weighted by atomic mass is 9.82. The zero-order chi connectivity index (χ0) is 26.2. The van der Waals surface area contributed by atoms with Crippen LogP contribution in [0.5, 0.6) is 0 Å². The van der Waals surface area contributed by atoms with Crippen molar-refractivity contribution in [3.8, 4) is 0 Å². The molecule has 0 saturated carbocycles. The van der Waals surface area contributed by atoms with Crippen molar-refractivity contribution in [1.82, 2.24) is 5.01 Å². The minimum atomic E-state index is -4.68. The third-order valence-electron chi connectivity index (χ3n) is 5.23. The molecule has 0 aromatic heterocycles. The molecule has 1 heterocycles. The number of urea groups is 1. The highest BCUT2D eigenvalue weighted by Crippen LogP contribution is 2.38. The summed E-state index contributed by atoms with van der Waals surface area (Å²) in [6, 6.07) is 7.65. The third-order valence-corrected chi connectivity index (χ3v) is 6.65. The molecule has 0 saturated heterocycles. The van der Waals surface area contributed by atoms with Crippen molar-refractivity contribution in [2.24, 2.45) is 10.5 Å². The molecule has 1 unspecified atom stereocenters. The number of hydrogen-bond donors (Lipinski definition) is 1. The van der Waals surface area contributed by atoms with Gasteiger partial charge in [0.1, 0.15) is 5.41 Å². The van der Waals surface area contributed by atoms with Gasteiger partial charge >= 0.3 is 18.2 Å². The van der Waals surface area contributed by atoms with Crippen molar-refractivity contribution in [3.05, 3.63) is 58.6 Å². The number of amides is 2. The lowest BCUT2D eigenvalue weighted by Crippen LogP contribution is -2.42. The Morgan fingerprint density at radius 3 is 2.49 bits per heavy atom. The second-order valence-corrected chi connectivity index (χ2v) is 10.4. The number of ether oxygens (including phenoxy) is 1. The van der Waals surface area contributed by atoms with Crippen LogP contribution in [0.3, 0.4) is 0 Å². The summed E-state index contributed by atoms with van der Waals surface area (Å²) in [4.78, 5) is 25.7. The maximum atomic E-state index is 13.1. The van der Waals surface area contributed by atoms with E-state index in [9.17, 15) is 31.2 Å². The molecule has 35 heavy (non-hydrogen) atoms. The Labute approximate surface area is 204 Å². The van der Waals surface area contributed by atoms with E-state index in [2.05, 4.69) is 10.4 Å². The van der Waals surface area contributed by atoms with E-state index in [0.29, 0.717) is 0 Å². The monoisotopic (exact) mass is 531 g/mol. The maximum Gasteiger partial charge on any atom is 0.417 e. The number of halogens is 4. The average molecular weight is 532 g/mol. The number of rotatable bonds is 5. The van der Waals surface area contributed by atoms with Gasteiger partial charge in [-0.1, -0.05) is 23.7 Å². The molecule has 188 valence electrons. The van der Waals surface area contributed by atoms with Gasteiger partial charge in [-0.05, 0) is 44.2 Å². The number of alkyl halides is 3. The lowest BCUT2D eigenvalue weighted by molar-refractivity contribution is -0.150. The van der Waals surface area contributed by atoms with E-state index in [-0.39, 0.29) is 35.0 Å². The summed E-state index contributed by atoms with van der Waals surface area (Å²) in [5, 5.41) is 7.03. The summed E-state index contributed by atoms with van der Waals surface area (Å²) in [6.07, 6.45) is -3.66. The van der Waals surface area contributed by atoms with Crippen LogP contribution in [0.25, 0.3) is 0 Å². The van der Waals surface area contributed by atoms with Crippen LogP contribution in [0, 0.1) is 5.41 Å². The number of esters is 1. The molecule has 0 aliphatic carbocycles. The van der Waals surface area contributed by atoms with E-state index < -0.39 is 44.0 Å². The van der Waals surface area contributed by atoms with E-state index in [1.165, 1.54) is 31.2 Å². The van der Waals surface area contributed by atoms with Crippen LogP contribution in [-0.4, -0.2) is 50.5 Å². The second kappa shape index (κ2) is 9.50. The molecule has 1 N–H and O–H groups in total. The average Bonchev–Trinajstić information content (AvgIpc) is 3.11. The number of nitrogens with one attached hydrogen (secondary N) is 1. The Hall–Kier alpha value is -3.12. The highest BCUT2D eigenvalue weighted by atomic mass is 35.5. The first kappa shape index (κ1) is 26.5. The summed E-state index contributed by atoms with van der Waals surface area (Å²) in [5.41, 5.74) is -2.30. The molecular weight excluding hydrogens is 511 g/mol. The number of carbonyl (C=O) groups excluding carboxylic acids is 2. The predicted octanol–water partition coefficient (Wildman–Crippen LogP) is 4.58. The zero-order valence-electron chi connectivity index (χ0n) is 18.8. The fourth-order valence-electron chi connectivity index (χ4n) is 3.47. The smallest absolute Gasteiger partial charge is 0.417 e. The van der Waals surface area contributed by atoms with Crippen LogP contribution in [-0.2, 0) is 25.5 Å². The number of nitrogens with zero attached hydrogens (tertiary/aromatic N) is 2. The van der Waals surface area contributed by atoms with Crippen LogP contribution in [0.4, 0.5) is 23.7 Å². The SMILES string of the molecule is CCOC(=O)C1(C)CN(C(=O)Nc2cccc(S(C)(=O)=O)c2)N=C1c1ccc(C(F)(F)F)c(Cl)c1. The number of anilines is 1. The minimum absolute atomic E-state index is 0.00777. The molecule has 1 aliphatic rings. The summed E-state index contributed by atoms with van der Waals surface area (Å²) in [7, 11) is -3.53. The molecule has 2 aromatic carbocycles. The molecule has 0 radical (unpaired) electrons. The van der Waals surface area contributed by atoms with Crippen molar-refractivity contribution < 1.29 is 35.9 Å². The van der Waals surface area contributed by atoms with Gasteiger partial charge in [-0.2, -0.15) is 18.3 Å². The van der Waals surface area contributed by atoms with E-state index in [0.717, 1.165) is 29.5 Å². The third kappa shape index (κ3) is 5.59. The predicted molar refractivity (Wildman–Crippen MR) is 123 cm³/mol. The van der Waals surface area contributed by atoms with E-state index in [1.54, 1.807) is 6.92 Å². The normalized spacial score (nSPS) is 18.3. The molecule has 3 rings (SSSR count). The van der Waals surface area contributed by atoms with Gasteiger partial charge in [-0.15, -0.1) is 0 Å². The molecule has 1 aliphatic heterocycles. The van der Waals surface area contributed by atoms with Gasteiger partial charge in [-0.3, -0.25) is 4.79 Å². The zero-order valence-corrected chi connectivity index (χ0v) is 20.4. The van der Waals surface area contributed by atoms with Crippen molar-refractivity contribution in [3.63, 3.8) is 0 Å². The summed E-state index contributed by atoms with van der Waals surface area (Å²) in [6.45, 7) is 2.78. The molecule has 0 bridgehead atoms. The van der Waals surface area contributed by atoms with Gasteiger partial charge in [0.15, 0.2) is 9.84 Å². The van der Waals surface area contributed by atoms with E-state index in [1.807, 2.05) is 0 Å². The number of sulfone groups is 1. The Balaban J connectivity index is 1.98. The standard InChI is InChI=1S/C22H21ClF3N3O5S/c1-4-34-19(30)21(2)12-29(20(31)27-14-6-5-7-15(11-14)35(3,32)33)28-18(21)13-8-9-16(17(23)10-13)22(24,25)26/h5-11H,4,12H2,1-3H3,(H,27,31). The summed E-state index contributed by atoms with van der Waals surface area (Å²) < 4.78 is 68.1. The van der Waals surface area contributed by atoms with Gasteiger partial charge in [0.2, 0.25) is 0 Å². The molecule has 0 fully saturated rings. The first-order valence-corrected chi connectivity index (χ1v) is 12.5. The second-order valence-electron chi connectivity index (χ2n) is 7.98. The number of carbonyl (C=O) groups is 2. The highest BCUT2D eigenvalue weighted by molar-refractivity contribution is 7.90. The van der Waals surface area contributed by atoms with Gasteiger partial charge < -0.3 is 10.1 Å². The Bertz CT molecular complexity index is 1310. The molecule has 2 amide bonds. The van der Waals surface area contributed by atoms with Crippen molar-refractivity contribution >= 4 is 44.8 Å². The van der Waals surface area contributed by atoms with Gasteiger partial charge in [0, 0.05) is 17.5 Å². The highest BCUT2D eigenvalue weighted by Gasteiger charge is 2.49. The van der Waals surface area contributed by atoms with Gasteiger partial charge in [0.05, 0.1) is 34.3 Å². The van der Waals surface area contributed by atoms with Gasteiger partial charge in [0.25, 0.3) is 0 Å². The quantitative estimate of drug-likeness (QED) is 0.568. The van der Waals surface area contributed by atoms with Crippen molar-refractivity contribution in [2.75, 3.05) is 24.7 Å². The topological polar surface area (TPSA) is 105 Å². The lowest BCUT2D eigenvalue weighted by Gasteiger charge is -2.24. The molecule has 2 aromatic rings.